The highest BCUT2D eigenvalue weighted by Crippen LogP contribution is 2.38. The van der Waals surface area contributed by atoms with Crippen molar-refractivity contribution in [2.45, 2.75) is 17.1 Å². The van der Waals surface area contributed by atoms with Gasteiger partial charge in [0.05, 0.1) is 12.8 Å². The van der Waals surface area contributed by atoms with E-state index in [4.69, 9.17) is 4.74 Å². The Kier molecular flexibility index (Phi) is 8.59. The number of thioether (sulfide) groups is 1. The zero-order valence-corrected chi connectivity index (χ0v) is 23.6. The Morgan fingerprint density at radius 1 is 0.875 bits per heavy atom. The molecule has 2 amide bonds. The Bertz CT molecular complexity index is 1640. The molecule has 40 heavy (non-hydrogen) atoms. The SMILES string of the molecule is COc1ccccc1-c1csc(NC(=O)C(Sc2cccc(NC(=O)c3cccc(C)c3)c2)c2ccccc2)n1. The number of aryl methyl sites for hydroxylation is 1. The van der Waals surface area contributed by atoms with Crippen molar-refractivity contribution in [3.63, 3.8) is 0 Å². The normalized spacial score (nSPS) is 11.4. The number of benzene rings is 4. The van der Waals surface area contributed by atoms with Crippen LogP contribution in [0.4, 0.5) is 10.8 Å². The summed E-state index contributed by atoms with van der Waals surface area (Å²) in [6.45, 7) is 1.95. The molecule has 8 heteroatoms. The smallest absolute Gasteiger partial charge is 0.255 e. The Labute approximate surface area is 241 Å². The van der Waals surface area contributed by atoms with Crippen molar-refractivity contribution >= 4 is 45.7 Å². The third-order valence-corrected chi connectivity index (χ3v) is 8.09. The van der Waals surface area contributed by atoms with Crippen LogP contribution < -0.4 is 15.4 Å². The summed E-state index contributed by atoms with van der Waals surface area (Å²) in [7, 11) is 1.62. The molecule has 5 rings (SSSR count). The summed E-state index contributed by atoms with van der Waals surface area (Å²) < 4.78 is 5.46. The maximum atomic E-state index is 13.6. The minimum Gasteiger partial charge on any atom is -0.496 e. The van der Waals surface area contributed by atoms with E-state index in [1.807, 2.05) is 109 Å². The highest BCUT2D eigenvalue weighted by atomic mass is 32.2. The molecule has 6 nitrogen and oxygen atoms in total. The lowest BCUT2D eigenvalue weighted by atomic mass is 10.1. The van der Waals surface area contributed by atoms with Crippen LogP contribution in [0.1, 0.15) is 26.7 Å². The summed E-state index contributed by atoms with van der Waals surface area (Å²) in [4.78, 5) is 31.9. The van der Waals surface area contributed by atoms with Crippen molar-refractivity contribution in [3.05, 3.63) is 125 Å². The van der Waals surface area contributed by atoms with Gasteiger partial charge in [-0.15, -0.1) is 23.1 Å². The van der Waals surface area contributed by atoms with Crippen LogP contribution in [0.3, 0.4) is 0 Å². The fourth-order valence-electron chi connectivity index (χ4n) is 4.16. The molecule has 2 N–H and O–H groups in total. The number of aromatic nitrogens is 1. The quantitative estimate of drug-likeness (QED) is 0.178. The predicted octanol–water partition coefficient (Wildman–Crippen LogP) is 7.85. The third kappa shape index (κ3) is 6.59. The van der Waals surface area contributed by atoms with Crippen LogP contribution in [-0.4, -0.2) is 23.9 Å². The van der Waals surface area contributed by atoms with Crippen molar-refractivity contribution in [2.24, 2.45) is 0 Å². The molecule has 0 aliphatic heterocycles. The van der Waals surface area contributed by atoms with E-state index in [1.165, 1.54) is 23.1 Å². The summed E-state index contributed by atoms with van der Waals surface area (Å²) in [6, 6.07) is 32.2. The number of nitrogens with one attached hydrogen (secondary N) is 2. The Morgan fingerprint density at radius 2 is 1.65 bits per heavy atom. The summed E-state index contributed by atoms with van der Waals surface area (Å²) in [5.41, 5.74) is 4.73. The number of methoxy groups -OCH3 is 1. The van der Waals surface area contributed by atoms with Crippen LogP contribution in [0.15, 0.2) is 113 Å². The van der Waals surface area contributed by atoms with E-state index in [-0.39, 0.29) is 11.8 Å². The number of carbonyl (C=O) groups excluding carboxylic acids is 2. The van der Waals surface area contributed by atoms with Gasteiger partial charge in [0.1, 0.15) is 11.0 Å². The number of amides is 2. The lowest BCUT2D eigenvalue weighted by Crippen LogP contribution is -2.19. The molecule has 200 valence electrons. The maximum Gasteiger partial charge on any atom is 0.255 e. The number of nitrogens with zero attached hydrogens (tertiary/aromatic N) is 1. The first kappa shape index (κ1) is 27.2. The van der Waals surface area contributed by atoms with Gasteiger partial charge in [-0.3, -0.25) is 9.59 Å². The molecular weight excluding hydrogens is 539 g/mol. The van der Waals surface area contributed by atoms with Gasteiger partial charge >= 0.3 is 0 Å². The van der Waals surface area contributed by atoms with E-state index in [0.717, 1.165) is 33.0 Å². The second-order valence-electron chi connectivity index (χ2n) is 8.99. The largest absolute Gasteiger partial charge is 0.496 e. The maximum absolute atomic E-state index is 13.6. The van der Waals surface area contributed by atoms with Crippen molar-refractivity contribution in [3.8, 4) is 17.0 Å². The summed E-state index contributed by atoms with van der Waals surface area (Å²) in [5, 5.41) is 7.83. The number of rotatable bonds is 9. The second kappa shape index (κ2) is 12.6. The van der Waals surface area contributed by atoms with E-state index in [0.29, 0.717) is 16.4 Å². The minimum absolute atomic E-state index is 0.183. The number of hydrogen-bond acceptors (Lipinski definition) is 6. The van der Waals surface area contributed by atoms with Gasteiger partial charge in [-0.1, -0.05) is 66.2 Å². The van der Waals surface area contributed by atoms with Crippen LogP contribution in [0, 0.1) is 6.92 Å². The van der Waals surface area contributed by atoms with E-state index in [2.05, 4.69) is 15.6 Å². The van der Waals surface area contributed by atoms with Gasteiger partial charge in [0.2, 0.25) is 5.91 Å². The van der Waals surface area contributed by atoms with Gasteiger partial charge in [0, 0.05) is 27.1 Å². The number of anilines is 2. The number of hydrogen-bond donors (Lipinski definition) is 2. The molecule has 0 radical (unpaired) electrons. The lowest BCUT2D eigenvalue weighted by molar-refractivity contribution is -0.115. The van der Waals surface area contributed by atoms with Crippen LogP contribution in [0.5, 0.6) is 5.75 Å². The first-order valence-corrected chi connectivity index (χ1v) is 14.4. The monoisotopic (exact) mass is 565 g/mol. The van der Waals surface area contributed by atoms with Crippen LogP contribution in [0.2, 0.25) is 0 Å². The van der Waals surface area contributed by atoms with Gasteiger partial charge in [-0.05, 0) is 55.0 Å². The van der Waals surface area contributed by atoms with E-state index >= 15 is 0 Å². The number of para-hydroxylation sites is 1. The molecule has 1 atom stereocenters. The predicted molar refractivity (Wildman–Crippen MR) is 163 cm³/mol. The number of ether oxygens (including phenoxy) is 1. The van der Waals surface area contributed by atoms with E-state index in [9.17, 15) is 9.59 Å². The van der Waals surface area contributed by atoms with Crippen LogP contribution in [0.25, 0.3) is 11.3 Å². The lowest BCUT2D eigenvalue weighted by Gasteiger charge is -2.17. The van der Waals surface area contributed by atoms with Gasteiger partial charge in [-0.2, -0.15) is 0 Å². The van der Waals surface area contributed by atoms with E-state index in [1.54, 1.807) is 13.2 Å². The summed E-state index contributed by atoms with van der Waals surface area (Å²) >= 11 is 2.78. The van der Waals surface area contributed by atoms with Crippen LogP contribution >= 0.6 is 23.1 Å². The molecule has 5 aromatic rings. The molecule has 1 unspecified atom stereocenters. The molecule has 0 saturated carbocycles. The van der Waals surface area contributed by atoms with Crippen molar-refractivity contribution in [1.82, 2.24) is 4.98 Å². The third-order valence-electron chi connectivity index (χ3n) is 6.08. The Hall–Kier alpha value is -4.40. The summed E-state index contributed by atoms with van der Waals surface area (Å²) in [6.07, 6.45) is 0. The molecule has 0 spiro atoms. The van der Waals surface area contributed by atoms with Gasteiger partial charge < -0.3 is 15.4 Å². The molecule has 0 fully saturated rings. The van der Waals surface area contributed by atoms with Crippen molar-refractivity contribution in [1.29, 1.82) is 0 Å². The van der Waals surface area contributed by atoms with Gasteiger partial charge in [0.25, 0.3) is 5.91 Å². The Morgan fingerprint density at radius 3 is 2.45 bits per heavy atom. The molecule has 1 aromatic heterocycles. The average molecular weight is 566 g/mol. The minimum atomic E-state index is -0.539. The molecule has 0 saturated heterocycles. The second-order valence-corrected chi connectivity index (χ2v) is 11.0. The standard InChI is InChI=1S/C32H27N3O3S2/c1-21-10-8-13-23(18-21)30(36)33-24-14-9-15-25(19-24)40-29(22-11-4-3-5-12-22)31(37)35-32-34-27(20-39-32)26-16-6-7-17-28(26)38-2/h3-20,29H,1-2H3,(H,33,36)(H,34,35,37). The molecule has 1 heterocycles. The highest BCUT2D eigenvalue weighted by molar-refractivity contribution is 8.00. The summed E-state index contributed by atoms with van der Waals surface area (Å²) in [5.74, 6) is 0.349. The van der Waals surface area contributed by atoms with Crippen LogP contribution in [-0.2, 0) is 4.79 Å². The van der Waals surface area contributed by atoms with E-state index < -0.39 is 5.25 Å². The zero-order chi connectivity index (χ0) is 27.9. The number of carbonyl (C=O) groups is 2. The molecule has 4 aromatic carbocycles. The highest BCUT2D eigenvalue weighted by Gasteiger charge is 2.24. The van der Waals surface area contributed by atoms with Gasteiger partial charge in [-0.25, -0.2) is 4.98 Å². The first-order chi connectivity index (χ1) is 19.5. The molecule has 0 bridgehead atoms. The fourth-order valence-corrected chi connectivity index (χ4v) is 5.95. The number of thiazole rings is 1. The topological polar surface area (TPSA) is 80.3 Å². The van der Waals surface area contributed by atoms with Crippen molar-refractivity contribution in [2.75, 3.05) is 17.7 Å². The fraction of sp³-hybridized carbons (Fsp3) is 0.0938. The molecule has 0 aliphatic carbocycles. The zero-order valence-electron chi connectivity index (χ0n) is 22.0. The van der Waals surface area contributed by atoms with Gasteiger partial charge in [0.15, 0.2) is 5.13 Å². The Balaban J connectivity index is 1.34. The van der Waals surface area contributed by atoms with Crippen molar-refractivity contribution < 1.29 is 14.3 Å². The average Bonchev–Trinajstić information content (AvgIpc) is 3.44. The molecular formula is C32H27N3O3S2. The first-order valence-electron chi connectivity index (χ1n) is 12.6. The molecule has 0 aliphatic rings.